The molecular formula is C21H21N3O2. The third-order valence-corrected chi connectivity index (χ3v) is 4.06. The summed E-state index contributed by atoms with van der Waals surface area (Å²) in [6, 6.07) is 21.6. The molecule has 0 aliphatic rings. The molecule has 0 bridgehead atoms. The van der Waals surface area contributed by atoms with Gasteiger partial charge in [-0.2, -0.15) is 5.10 Å². The number of rotatable bonds is 6. The van der Waals surface area contributed by atoms with Gasteiger partial charge in [0.2, 0.25) is 0 Å². The van der Waals surface area contributed by atoms with Gasteiger partial charge in [0.25, 0.3) is 5.91 Å². The minimum absolute atomic E-state index is 0.151. The summed E-state index contributed by atoms with van der Waals surface area (Å²) in [6.07, 6.45) is 0. The van der Waals surface area contributed by atoms with Crippen LogP contribution in [0.1, 0.15) is 12.5 Å². The van der Waals surface area contributed by atoms with E-state index in [1.807, 2.05) is 67.6 Å². The molecular weight excluding hydrogens is 326 g/mol. The number of hydrazone groups is 1. The highest BCUT2D eigenvalue weighted by Gasteiger charge is 2.03. The first kappa shape index (κ1) is 17.5. The van der Waals surface area contributed by atoms with Crippen LogP contribution >= 0.6 is 0 Å². The van der Waals surface area contributed by atoms with Crippen molar-refractivity contribution in [3.63, 3.8) is 0 Å². The maximum Gasteiger partial charge on any atom is 0.259 e. The van der Waals surface area contributed by atoms with Gasteiger partial charge in [-0.3, -0.25) is 4.79 Å². The summed E-state index contributed by atoms with van der Waals surface area (Å²) in [5, 5.41) is 9.57. The van der Waals surface area contributed by atoms with Gasteiger partial charge in [-0.15, -0.1) is 0 Å². The van der Waals surface area contributed by atoms with E-state index in [0.717, 1.165) is 28.1 Å². The summed E-state index contributed by atoms with van der Waals surface area (Å²) in [5.41, 5.74) is 5.12. The Hall–Kier alpha value is -3.34. The smallest absolute Gasteiger partial charge is 0.259 e. The molecule has 3 rings (SSSR count). The van der Waals surface area contributed by atoms with Crippen molar-refractivity contribution in [3.8, 4) is 5.75 Å². The molecule has 0 saturated heterocycles. The zero-order valence-corrected chi connectivity index (χ0v) is 14.8. The number of nitrogens with one attached hydrogen (secondary N) is 2. The Balaban J connectivity index is 1.55. The highest BCUT2D eigenvalue weighted by atomic mass is 16.5. The van der Waals surface area contributed by atoms with Crippen LogP contribution < -0.4 is 15.5 Å². The molecule has 0 aromatic heterocycles. The highest BCUT2D eigenvalue weighted by Crippen LogP contribution is 2.18. The van der Waals surface area contributed by atoms with Gasteiger partial charge in [0.05, 0.1) is 19.4 Å². The zero-order chi connectivity index (χ0) is 18.4. The van der Waals surface area contributed by atoms with Crippen LogP contribution in [0.25, 0.3) is 10.8 Å². The predicted octanol–water partition coefficient (Wildman–Crippen LogP) is 3.80. The molecule has 2 N–H and O–H groups in total. The van der Waals surface area contributed by atoms with E-state index in [2.05, 4.69) is 21.9 Å². The predicted molar refractivity (Wildman–Crippen MR) is 106 cm³/mol. The van der Waals surface area contributed by atoms with E-state index in [9.17, 15) is 4.79 Å². The second-order valence-corrected chi connectivity index (χ2v) is 5.88. The summed E-state index contributed by atoms with van der Waals surface area (Å²) >= 11 is 0. The molecule has 1 amide bonds. The van der Waals surface area contributed by atoms with E-state index >= 15 is 0 Å². The largest absolute Gasteiger partial charge is 0.497 e. The molecule has 0 spiro atoms. The SMILES string of the molecule is COc1ccc(/C(C)=N\NC(=O)CNc2ccc3ccccc3c2)cc1. The number of carbonyl (C=O) groups excluding carboxylic acids is 1. The van der Waals surface area contributed by atoms with Crippen molar-refractivity contribution < 1.29 is 9.53 Å². The third-order valence-electron chi connectivity index (χ3n) is 4.06. The number of ether oxygens (including phenoxy) is 1. The first-order chi connectivity index (χ1) is 12.7. The van der Waals surface area contributed by atoms with Gasteiger partial charge in [0, 0.05) is 5.69 Å². The van der Waals surface area contributed by atoms with Crippen molar-refractivity contribution in [2.75, 3.05) is 19.0 Å². The molecule has 132 valence electrons. The Morgan fingerprint density at radius 1 is 1.00 bits per heavy atom. The van der Waals surface area contributed by atoms with Gasteiger partial charge in [0.1, 0.15) is 5.75 Å². The highest BCUT2D eigenvalue weighted by molar-refractivity contribution is 5.99. The summed E-state index contributed by atoms with van der Waals surface area (Å²) < 4.78 is 5.13. The van der Waals surface area contributed by atoms with E-state index in [0.29, 0.717) is 0 Å². The van der Waals surface area contributed by atoms with Gasteiger partial charge >= 0.3 is 0 Å². The molecule has 0 aliphatic carbocycles. The molecule has 3 aromatic carbocycles. The van der Waals surface area contributed by atoms with Gasteiger partial charge in [-0.1, -0.05) is 30.3 Å². The molecule has 0 heterocycles. The normalized spacial score (nSPS) is 11.2. The van der Waals surface area contributed by atoms with Crippen LogP contribution in [-0.2, 0) is 4.79 Å². The molecule has 0 unspecified atom stereocenters. The average molecular weight is 347 g/mol. The fraction of sp³-hybridized carbons (Fsp3) is 0.143. The van der Waals surface area contributed by atoms with E-state index < -0.39 is 0 Å². The maximum atomic E-state index is 12.0. The molecule has 0 aliphatic heterocycles. The number of fused-ring (bicyclic) bond motifs is 1. The molecule has 5 heteroatoms. The standard InChI is InChI=1S/C21H21N3O2/c1-15(16-8-11-20(26-2)12-9-16)23-24-21(25)14-22-19-10-7-17-5-3-4-6-18(17)13-19/h3-13,22H,14H2,1-2H3,(H,24,25)/b23-15-. The van der Waals surface area contributed by atoms with E-state index in [1.165, 1.54) is 5.39 Å². The first-order valence-corrected chi connectivity index (χ1v) is 8.36. The van der Waals surface area contributed by atoms with Crippen LogP contribution in [-0.4, -0.2) is 25.3 Å². The van der Waals surface area contributed by atoms with Crippen LogP contribution in [0.5, 0.6) is 5.75 Å². The van der Waals surface area contributed by atoms with Crippen molar-refractivity contribution in [2.45, 2.75) is 6.92 Å². The van der Waals surface area contributed by atoms with Crippen molar-refractivity contribution in [2.24, 2.45) is 5.10 Å². The number of amides is 1. The Bertz CT molecular complexity index is 933. The van der Waals surface area contributed by atoms with Crippen LogP contribution in [0.4, 0.5) is 5.69 Å². The first-order valence-electron chi connectivity index (χ1n) is 8.36. The topological polar surface area (TPSA) is 62.7 Å². The number of hydrogen-bond donors (Lipinski definition) is 2. The van der Waals surface area contributed by atoms with E-state index in [1.54, 1.807) is 7.11 Å². The summed E-state index contributed by atoms with van der Waals surface area (Å²) in [6.45, 7) is 2.00. The van der Waals surface area contributed by atoms with Crippen LogP contribution in [0.3, 0.4) is 0 Å². The van der Waals surface area contributed by atoms with Crippen LogP contribution in [0.15, 0.2) is 71.8 Å². The fourth-order valence-corrected chi connectivity index (χ4v) is 2.56. The maximum absolute atomic E-state index is 12.0. The Morgan fingerprint density at radius 3 is 2.46 bits per heavy atom. The number of benzene rings is 3. The average Bonchev–Trinajstić information content (AvgIpc) is 2.70. The molecule has 26 heavy (non-hydrogen) atoms. The van der Waals surface area contributed by atoms with Crippen LogP contribution in [0, 0.1) is 0 Å². The zero-order valence-electron chi connectivity index (χ0n) is 14.8. The second-order valence-electron chi connectivity index (χ2n) is 5.88. The quantitative estimate of drug-likeness (QED) is 0.527. The summed E-state index contributed by atoms with van der Waals surface area (Å²) in [7, 11) is 1.62. The monoisotopic (exact) mass is 347 g/mol. The summed E-state index contributed by atoms with van der Waals surface area (Å²) in [5.74, 6) is 0.580. The number of anilines is 1. The van der Waals surface area contributed by atoms with E-state index in [-0.39, 0.29) is 12.5 Å². The molecule has 5 nitrogen and oxygen atoms in total. The van der Waals surface area contributed by atoms with Gasteiger partial charge in [0.15, 0.2) is 0 Å². The number of nitrogens with zero attached hydrogens (tertiary/aromatic N) is 1. The molecule has 3 aromatic rings. The Kier molecular flexibility index (Phi) is 5.49. The lowest BCUT2D eigenvalue weighted by atomic mass is 10.1. The minimum Gasteiger partial charge on any atom is -0.497 e. The van der Waals surface area contributed by atoms with Gasteiger partial charge in [-0.05, 0) is 59.7 Å². The van der Waals surface area contributed by atoms with Crippen molar-refractivity contribution in [3.05, 3.63) is 72.3 Å². The Labute approximate surface area is 152 Å². The van der Waals surface area contributed by atoms with Gasteiger partial charge in [-0.25, -0.2) is 5.43 Å². The van der Waals surface area contributed by atoms with Crippen molar-refractivity contribution in [1.82, 2.24) is 5.43 Å². The number of hydrogen-bond acceptors (Lipinski definition) is 4. The number of methoxy groups -OCH3 is 1. The molecule has 0 radical (unpaired) electrons. The summed E-state index contributed by atoms with van der Waals surface area (Å²) in [4.78, 5) is 12.0. The van der Waals surface area contributed by atoms with Crippen molar-refractivity contribution in [1.29, 1.82) is 0 Å². The lowest BCUT2D eigenvalue weighted by Gasteiger charge is -2.07. The molecule has 0 fully saturated rings. The third kappa shape index (κ3) is 4.39. The lowest BCUT2D eigenvalue weighted by Crippen LogP contribution is -2.26. The fourth-order valence-electron chi connectivity index (χ4n) is 2.56. The molecule has 0 atom stereocenters. The van der Waals surface area contributed by atoms with E-state index in [4.69, 9.17) is 4.74 Å². The van der Waals surface area contributed by atoms with Gasteiger partial charge < -0.3 is 10.1 Å². The lowest BCUT2D eigenvalue weighted by molar-refractivity contribution is -0.119. The molecule has 0 saturated carbocycles. The second kappa shape index (κ2) is 8.16. The van der Waals surface area contributed by atoms with Crippen LogP contribution in [0.2, 0.25) is 0 Å². The minimum atomic E-state index is -0.203. The number of carbonyl (C=O) groups is 1. The Morgan fingerprint density at radius 2 is 1.73 bits per heavy atom. The van der Waals surface area contributed by atoms with Crippen molar-refractivity contribution >= 4 is 28.1 Å².